The molecule has 0 aromatic heterocycles. The molecule has 12 heteroatoms. The van der Waals surface area contributed by atoms with Crippen molar-refractivity contribution in [1.29, 1.82) is 0 Å². The van der Waals surface area contributed by atoms with E-state index in [2.05, 4.69) is 54.1 Å². The average Bonchev–Trinajstić information content (AvgIpc) is 3.36. The van der Waals surface area contributed by atoms with E-state index in [4.69, 9.17) is 23.7 Å². The topological polar surface area (TPSA) is 101 Å². The summed E-state index contributed by atoms with van der Waals surface area (Å²) >= 11 is 2.12. The fraction of sp³-hybridized carbons (Fsp3) is 0.571. The summed E-state index contributed by atoms with van der Waals surface area (Å²) in [7, 11) is -4.82. The van der Waals surface area contributed by atoms with E-state index in [1.54, 1.807) is 17.0 Å². The molecular weight excluding hydrogens is 749 g/mol. The molecule has 258 valence electrons. The molecule has 2 aromatic rings. The third-order valence-electron chi connectivity index (χ3n) is 7.81. The second-order valence-electron chi connectivity index (χ2n) is 13.7. The number of cyclic esters (lactones) is 1. The number of rotatable bonds is 16. The van der Waals surface area contributed by atoms with Gasteiger partial charge < -0.3 is 28.6 Å². The summed E-state index contributed by atoms with van der Waals surface area (Å²) in [5.41, 5.74) is 2.59. The first kappa shape index (κ1) is 37.7. The van der Waals surface area contributed by atoms with E-state index in [0.29, 0.717) is 51.5 Å². The van der Waals surface area contributed by atoms with Crippen molar-refractivity contribution in [2.75, 3.05) is 38.8 Å². The van der Waals surface area contributed by atoms with Gasteiger partial charge in [-0.3, -0.25) is 0 Å². The molecule has 47 heavy (non-hydrogen) atoms. The van der Waals surface area contributed by atoms with Crippen LogP contribution in [-0.4, -0.2) is 72.1 Å². The molecule has 4 rings (SSSR count). The lowest BCUT2D eigenvalue weighted by molar-refractivity contribution is -0.180. The predicted molar refractivity (Wildman–Crippen MR) is 193 cm³/mol. The average molecular weight is 798 g/mol. The van der Waals surface area contributed by atoms with Crippen molar-refractivity contribution >= 4 is 46.6 Å². The molecule has 0 radical (unpaired) electrons. The van der Waals surface area contributed by atoms with E-state index in [1.165, 1.54) is 0 Å². The smallest absolute Gasteiger partial charge is 0.410 e. The maximum atomic E-state index is 12.8. The van der Waals surface area contributed by atoms with Gasteiger partial charge in [-0.2, -0.15) is 0 Å². The minimum atomic E-state index is -3.54. The standard InChI is InChI=1S/C35H48INO8SSi/c1-35(2)43-25-29-22-28(13-14-32(29)45-35)33-24-37(34(38)44-33)15-9-6-7-10-16-41-17-11-8-12-27-20-30(36)23-31(21-27)46(39,40)26-42-18-19-47(3,4)5/h13-14,20-23,33H,6-7,9-11,15-19,24-26H2,1-5H3/t33-/m0/s1. The van der Waals surface area contributed by atoms with Crippen LogP contribution >= 0.6 is 22.6 Å². The highest BCUT2D eigenvalue weighted by atomic mass is 127. The van der Waals surface area contributed by atoms with Gasteiger partial charge in [-0.05, 0) is 77.4 Å². The number of sulfone groups is 1. The Balaban J connectivity index is 1.08. The maximum absolute atomic E-state index is 12.8. The van der Waals surface area contributed by atoms with Crippen LogP contribution in [0.25, 0.3) is 0 Å². The van der Waals surface area contributed by atoms with Gasteiger partial charge in [-0.25, -0.2) is 13.2 Å². The first-order chi connectivity index (χ1) is 22.2. The molecule has 2 aromatic carbocycles. The van der Waals surface area contributed by atoms with Crippen molar-refractivity contribution in [3.63, 3.8) is 0 Å². The van der Waals surface area contributed by atoms with Gasteiger partial charge in [0.1, 0.15) is 11.9 Å². The fourth-order valence-electron chi connectivity index (χ4n) is 5.10. The molecule has 0 unspecified atom stereocenters. The number of hydrogen-bond donors (Lipinski definition) is 0. The van der Waals surface area contributed by atoms with E-state index < -0.39 is 23.7 Å². The predicted octanol–water partition coefficient (Wildman–Crippen LogP) is 7.53. The molecule has 1 fully saturated rings. The lowest BCUT2D eigenvalue weighted by Gasteiger charge is -2.32. The molecule has 2 aliphatic rings. The maximum Gasteiger partial charge on any atom is 0.410 e. The summed E-state index contributed by atoms with van der Waals surface area (Å²) in [5.74, 6) is 6.02. The van der Waals surface area contributed by atoms with Crippen LogP contribution in [0.15, 0.2) is 41.3 Å². The molecule has 2 aliphatic heterocycles. The largest absolute Gasteiger partial charge is 0.463 e. The zero-order chi connectivity index (χ0) is 34.1. The van der Waals surface area contributed by atoms with Crippen molar-refractivity contribution in [3.8, 4) is 17.6 Å². The van der Waals surface area contributed by atoms with Crippen molar-refractivity contribution in [2.24, 2.45) is 0 Å². The first-order valence-electron chi connectivity index (χ1n) is 16.3. The van der Waals surface area contributed by atoms with E-state index in [-0.39, 0.29) is 23.0 Å². The number of amides is 1. The molecule has 0 N–H and O–H groups in total. The summed E-state index contributed by atoms with van der Waals surface area (Å²) in [4.78, 5) is 14.5. The third kappa shape index (κ3) is 12.4. The molecule has 0 aliphatic carbocycles. The molecule has 9 nitrogen and oxygen atoms in total. The SMILES string of the molecule is CC1(C)OCc2cc([C@@H]3CN(CCCCCCOCCC#Cc4cc(I)cc(S(=O)(=O)COCC[Si](C)(C)C)c4)C(=O)O3)ccc2O1. The summed E-state index contributed by atoms with van der Waals surface area (Å²) in [5, 5.41) is 0. The Labute approximate surface area is 295 Å². The Kier molecular flexibility index (Phi) is 13.6. The molecule has 1 atom stereocenters. The molecule has 2 heterocycles. The summed E-state index contributed by atoms with van der Waals surface area (Å²) in [6.45, 7) is 13.8. The molecule has 0 spiro atoms. The Hall–Kier alpha value is -2.15. The Bertz CT molecular complexity index is 1550. The van der Waals surface area contributed by atoms with Crippen LogP contribution < -0.4 is 4.74 Å². The number of carbonyl (C=O) groups is 1. The monoisotopic (exact) mass is 797 g/mol. The van der Waals surface area contributed by atoms with E-state index in [0.717, 1.165) is 52.2 Å². The molecule has 1 saturated heterocycles. The van der Waals surface area contributed by atoms with Gasteiger partial charge >= 0.3 is 6.09 Å². The Morgan fingerprint density at radius 1 is 1.02 bits per heavy atom. The molecule has 1 amide bonds. The second kappa shape index (κ2) is 17.0. The van der Waals surface area contributed by atoms with E-state index in [1.807, 2.05) is 38.1 Å². The fourth-order valence-corrected chi connectivity index (χ4v) is 7.83. The van der Waals surface area contributed by atoms with Gasteiger partial charge in [-0.1, -0.05) is 50.4 Å². The van der Waals surface area contributed by atoms with Gasteiger partial charge in [0, 0.05) is 62.8 Å². The van der Waals surface area contributed by atoms with Crippen molar-refractivity contribution in [3.05, 3.63) is 56.7 Å². The lowest BCUT2D eigenvalue weighted by atomic mass is 10.0. The van der Waals surface area contributed by atoms with Crippen LogP contribution in [0, 0.1) is 15.4 Å². The van der Waals surface area contributed by atoms with Gasteiger partial charge in [0.05, 0.1) is 24.7 Å². The van der Waals surface area contributed by atoms with Crippen LogP contribution in [0.1, 0.15) is 68.7 Å². The van der Waals surface area contributed by atoms with Gasteiger partial charge in [-0.15, -0.1) is 0 Å². The van der Waals surface area contributed by atoms with E-state index >= 15 is 0 Å². The number of unbranched alkanes of at least 4 members (excludes halogenated alkanes) is 3. The van der Waals surface area contributed by atoms with Crippen molar-refractivity contribution in [1.82, 2.24) is 4.90 Å². The summed E-state index contributed by atoms with van der Waals surface area (Å²) < 4.78 is 54.9. The zero-order valence-corrected chi connectivity index (χ0v) is 32.2. The number of ether oxygens (including phenoxy) is 5. The lowest BCUT2D eigenvalue weighted by Crippen LogP contribution is -2.35. The molecule has 0 bridgehead atoms. The normalized spacial score (nSPS) is 17.4. The minimum absolute atomic E-state index is 0.240. The van der Waals surface area contributed by atoms with Crippen LogP contribution in [0.4, 0.5) is 4.79 Å². The number of halogens is 1. The number of fused-ring (bicyclic) bond motifs is 1. The Morgan fingerprint density at radius 2 is 1.81 bits per heavy atom. The van der Waals surface area contributed by atoms with E-state index in [9.17, 15) is 13.2 Å². The number of hydrogen-bond acceptors (Lipinski definition) is 8. The highest BCUT2D eigenvalue weighted by molar-refractivity contribution is 14.1. The van der Waals surface area contributed by atoms with Crippen LogP contribution in [0.3, 0.4) is 0 Å². The van der Waals surface area contributed by atoms with Crippen molar-refractivity contribution < 1.29 is 36.9 Å². The number of carbonyl (C=O) groups excluding carboxylic acids is 1. The molecule has 0 saturated carbocycles. The van der Waals surface area contributed by atoms with Gasteiger partial charge in [0.25, 0.3) is 0 Å². The highest BCUT2D eigenvalue weighted by Gasteiger charge is 2.33. The first-order valence-corrected chi connectivity index (χ1v) is 22.7. The molecular formula is C35H48INO8SSi. The van der Waals surface area contributed by atoms with Gasteiger partial charge in [0.15, 0.2) is 5.94 Å². The van der Waals surface area contributed by atoms with Crippen LogP contribution in [-0.2, 0) is 35.4 Å². The highest BCUT2D eigenvalue weighted by Crippen LogP contribution is 2.35. The second-order valence-corrected chi connectivity index (χ2v) is 22.5. The Morgan fingerprint density at radius 3 is 2.60 bits per heavy atom. The quantitative estimate of drug-likeness (QED) is 0.0744. The van der Waals surface area contributed by atoms with Crippen LogP contribution in [0.5, 0.6) is 5.75 Å². The number of benzene rings is 2. The summed E-state index contributed by atoms with van der Waals surface area (Å²) in [6.07, 6.45) is 3.87. The van der Waals surface area contributed by atoms with Gasteiger partial charge in [0.2, 0.25) is 15.6 Å². The minimum Gasteiger partial charge on any atom is -0.463 e. The van der Waals surface area contributed by atoms with Crippen molar-refractivity contribution in [2.45, 2.75) is 95.0 Å². The zero-order valence-electron chi connectivity index (χ0n) is 28.2. The summed E-state index contributed by atoms with van der Waals surface area (Å²) in [6, 6.07) is 12.0. The third-order valence-corrected chi connectivity index (χ3v) is 11.6. The number of nitrogens with zero attached hydrogens (tertiary/aromatic N) is 1. The van der Waals surface area contributed by atoms with Crippen LogP contribution in [0.2, 0.25) is 25.7 Å².